The van der Waals surface area contributed by atoms with Gasteiger partial charge in [-0.2, -0.15) is 0 Å². The molecule has 0 atom stereocenters. The molecule has 0 radical (unpaired) electrons. The van der Waals surface area contributed by atoms with E-state index in [0.29, 0.717) is 24.5 Å². The van der Waals surface area contributed by atoms with Crippen molar-refractivity contribution in [3.8, 4) is 0 Å². The maximum absolute atomic E-state index is 12.6. The minimum absolute atomic E-state index is 0.115. The van der Waals surface area contributed by atoms with E-state index in [1.807, 2.05) is 24.3 Å². The molecule has 6 nitrogen and oxygen atoms in total. The highest BCUT2D eigenvalue weighted by Gasteiger charge is 2.32. The van der Waals surface area contributed by atoms with Gasteiger partial charge < -0.3 is 20.5 Å². The van der Waals surface area contributed by atoms with E-state index in [1.165, 1.54) is 5.56 Å². The van der Waals surface area contributed by atoms with Crippen molar-refractivity contribution < 1.29 is 14.6 Å². The van der Waals surface area contributed by atoms with Gasteiger partial charge in [-0.25, -0.2) is 0 Å². The summed E-state index contributed by atoms with van der Waals surface area (Å²) in [4.78, 5) is 14.8. The smallest absolute Gasteiger partial charge is 0.260 e. The highest BCUT2D eigenvalue weighted by Crippen LogP contribution is 2.41. The predicted molar refractivity (Wildman–Crippen MR) is 114 cm³/mol. The zero-order valence-corrected chi connectivity index (χ0v) is 16.7. The zero-order valence-electron chi connectivity index (χ0n) is 16.7. The Hall–Kier alpha value is -2.67. The van der Waals surface area contributed by atoms with Crippen LogP contribution in [0.25, 0.3) is 11.3 Å². The van der Waals surface area contributed by atoms with Crippen LogP contribution in [-0.2, 0) is 22.7 Å². The number of ether oxygens (including phenoxy) is 1. The van der Waals surface area contributed by atoms with Gasteiger partial charge in [0.15, 0.2) is 0 Å². The van der Waals surface area contributed by atoms with Crippen LogP contribution in [0, 0.1) is 0 Å². The predicted octanol–water partition coefficient (Wildman–Crippen LogP) is 2.44. The number of likely N-dealkylation sites (N-methyl/N-ethyl adjacent to an activating group) is 1. The summed E-state index contributed by atoms with van der Waals surface area (Å²) in [7, 11) is 0. The number of nitrogens with zero attached hydrogens (tertiary/aromatic N) is 1. The first kappa shape index (κ1) is 19.6. The standard InChI is InChI=1S/C23H27N3O3/c1-2-24-9-10-26(11-12-27)14-16-7-8-18-17(13-16)15-29-22(18)21-19-5-3-4-6-20(19)25-23(21)28/h3-8,13,24,27H,2,9-12,14-15H2,1H3,(H,25,28). The summed E-state index contributed by atoms with van der Waals surface area (Å²) >= 11 is 0. The lowest BCUT2D eigenvalue weighted by atomic mass is 9.99. The van der Waals surface area contributed by atoms with Crippen LogP contribution >= 0.6 is 0 Å². The number of hydrogen-bond acceptors (Lipinski definition) is 5. The van der Waals surface area contributed by atoms with Crippen LogP contribution in [0.4, 0.5) is 5.69 Å². The molecule has 0 saturated carbocycles. The average Bonchev–Trinajstić information content (AvgIpc) is 3.27. The lowest BCUT2D eigenvalue weighted by molar-refractivity contribution is -0.110. The van der Waals surface area contributed by atoms with Crippen molar-refractivity contribution in [3.05, 3.63) is 64.7 Å². The SMILES string of the molecule is CCNCCN(CCO)Cc1ccc2c(c1)COC2=C1C(=O)Nc2ccccc21. The molecule has 2 heterocycles. The third-order valence-electron chi connectivity index (χ3n) is 5.36. The Morgan fingerprint density at radius 1 is 1.17 bits per heavy atom. The highest BCUT2D eigenvalue weighted by molar-refractivity contribution is 6.36. The Balaban J connectivity index is 1.58. The van der Waals surface area contributed by atoms with Gasteiger partial charge >= 0.3 is 0 Å². The molecule has 2 aromatic rings. The second kappa shape index (κ2) is 8.78. The van der Waals surface area contributed by atoms with E-state index >= 15 is 0 Å². The molecule has 2 aliphatic rings. The van der Waals surface area contributed by atoms with E-state index in [0.717, 1.165) is 48.6 Å². The van der Waals surface area contributed by atoms with E-state index in [4.69, 9.17) is 4.74 Å². The monoisotopic (exact) mass is 393 g/mol. The molecule has 0 bridgehead atoms. The third-order valence-corrected chi connectivity index (χ3v) is 5.36. The summed E-state index contributed by atoms with van der Waals surface area (Å²) in [6.45, 7) is 6.84. The van der Waals surface area contributed by atoms with E-state index in [-0.39, 0.29) is 12.5 Å². The van der Waals surface area contributed by atoms with E-state index in [1.54, 1.807) is 0 Å². The molecule has 0 unspecified atom stereocenters. The number of carbonyl (C=O) groups is 1. The number of fused-ring (bicyclic) bond motifs is 2. The number of aliphatic hydroxyl groups is 1. The number of rotatable bonds is 8. The Labute approximate surface area is 171 Å². The van der Waals surface area contributed by atoms with Gasteiger partial charge in [-0.15, -0.1) is 0 Å². The minimum Gasteiger partial charge on any atom is -0.487 e. The quantitative estimate of drug-likeness (QED) is 0.475. The zero-order chi connectivity index (χ0) is 20.2. The molecule has 0 aromatic heterocycles. The topological polar surface area (TPSA) is 73.8 Å². The molecule has 2 aliphatic heterocycles. The number of carbonyl (C=O) groups excluding carboxylic acids is 1. The van der Waals surface area contributed by atoms with Crippen LogP contribution in [0.1, 0.15) is 29.2 Å². The van der Waals surface area contributed by atoms with Gasteiger partial charge in [0.1, 0.15) is 12.4 Å². The Morgan fingerprint density at radius 2 is 2.03 bits per heavy atom. The highest BCUT2D eigenvalue weighted by atomic mass is 16.5. The number of para-hydroxylation sites is 1. The maximum atomic E-state index is 12.6. The first-order chi connectivity index (χ1) is 14.2. The van der Waals surface area contributed by atoms with Crippen LogP contribution in [0.15, 0.2) is 42.5 Å². The molecule has 3 N–H and O–H groups in total. The van der Waals surface area contributed by atoms with Gasteiger partial charge in [-0.3, -0.25) is 9.69 Å². The van der Waals surface area contributed by atoms with Gasteiger partial charge in [0.2, 0.25) is 0 Å². The molecule has 0 fully saturated rings. The van der Waals surface area contributed by atoms with Crippen LogP contribution < -0.4 is 10.6 Å². The van der Waals surface area contributed by atoms with Crippen molar-refractivity contribution in [2.24, 2.45) is 0 Å². The molecule has 2 aromatic carbocycles. The maximum Gasteiger partial charge on any atom is 0.260 e. The Morgan fingerprint density at radius 3 is 2.86 bits per heavy atom. The Kier molecular flexibility index (Phi) is 5.94. The van der Waals surface area contributed by atoms with Crippen molar-refractivity contribution in [1.29, 1.82) is 0 Å². The van der Waals surface area contributed by atoms with Gasteiger partial charge in [-0.1, -0.05) is 43.3 Å². The number of nitrogens with one attached hydrogen (secondary N) is 2. The molecular formula is C23H27N3O3. The van der Waals surface area contributed by atoms with E-state index < -0.39 is 0 Å². The molecule has 152 valence electrons. The van der Waals surface area contributed by atoms with Gasteiger partial charge in [0.05, 0.1) is 12.2 Å². The van der Waals surface area contributed by atoms with Crippen LogP contribution in [-0.4, -0.2) is 48.7 Å². The molecule has 0 spiro atoms. The van der Waals surface area contributed by atoms with E-state index in [9.17, 15) is 9.90 Å². The number of amides is 1. The molecule has 0 aliphatic carbocycles. The van der Waals surface area contributed by atoms with Crippen molar-refractivity contribution >= 4 is 22.9 Å². The molecule has 4 rings (SSSR count). The van der Waals surface area contributed by atoms with Crippen LogP contribution in [0.5, 0.6) is 0 Å². The van der Waals surface area contributed by atoms with Crippen LogP contribution in [0.2, 0.25) is 0 Å². The van der Waals surface area contributed by atoms with Gasteiger partial charge in [0.25, 0.3) is 5.91 Å². The largest absolute Gasteiger partial charge is 0.487 e. The van der Waals surface area contributed by atoms with E-state index in [2.05, 4.69) is 40.7 Å². The summed E-state index contributed by atoms with van der Waals surface area (Å²) in [6, 6.07) is 14.0. The second-order valence-corrected chi connectivity index (χ2v) is 7.34. The fourth-order valence-electron chi connectivity index (χ4n) is 3.95. The van der Waals surface area contributed by atoms with Crippen molar-refractivity contribution in [3.63, 3.8) is 0 Å². The summed E-state index contributed by atoms with van der Waals surface area (Å²) in [5.41, 5.74) is 5.59. The van der Waals surface area contributed by atoms with Gasteiger partial charge in [-0.05, 0) is 18.2 Å². The lowest BCUT2D eigenvalue weighted by Gasteiger charge is -2.21. The minimum atomic E-state index is -0.115. The van der Waals surface area contributed by atoms with Crippen molar-refractivity contribution in [1.82, 2.24) is 10.2 Å². The number of anilines is 1. The molecule has 1 amide bonds. The second-order valence-electron chi connectivity index (χ2n) is 7.34. The molecular weight excluding hydrogens is 366 g/mol. The summed E-state index contributed by atoms with van der Waals surface area (Å²) < 4.78 is 5.98. The third kappa shape index (κ3) is 4.05. The first-order valence-electron chi connectivity index (χ1n) is 10.1. The Bertz CT molecular complexity index is 939. The summed E-state index contributed by atoms with van der Waals surface area (Å²) in [5, 5.41) is 15.6. The summed E-state index contributed by atoms with van der Waals surface area (Å²) in [5.74, 6) is 0.545. The van der Waals surface area contributed by atoms with Crippen molar-refractivity contribution in [2.45, 2.75) is 20.1 Å². The normalized spacial score (nSPS) is 17.3. The van der Waals surface area contributed by atoms with Crippen LogP contribution in [0.3, 0.4) is 0 Å². The summed E-state index contributed by atoms with van der Waals surface area (Å²) in [6.07, 6.45) is 0. The fraction of sp³-hybridized carbons (Fsp3) is 0.348. The van der Waals surface area contributed by atoms with Gasteiger partial charge in [0, 0.05) is 48.6 Å². The molecule has 0 saturated heterocycles. The average molecular weight is 393 g/mol. The van der Waals surface area contributed by atoms with Crippen molar-refractivity contribution in [2.75, 3.05) is 38.1 Å². The molecule has 6 heteroatoms. The fourth-order valence-corrected chi connectivity index (χ4v) is 3.95. The number of hydrogen-bond donors (Lipinski definition) is 3. The number of aliphatic hydroxyl groups excluding tert-OH is 1. The molecule has 29 heavy (non-hydrogen) atoms. The first-order valence-corrected chi connectivity index (χ1v) is 10.1. The number of benzene rings is 2. The lowest BCUT2D eigenvalue weighted by Crippen LogP contribution is -2.33.